The number of carbonyl (C=O) groups excluding carboxylic acids is 1. The summed E-state index contributed by atoms with van der Waals surface area (Å²) in [5.41, 5.74) is 1.29. The molecule has 1 amide bonds. The van der Waals surface area contributed by atoms with E-state index in [-0.39, 0.29) is 0 Å². The SMILES string of the molecule is CCCN(C(=O)CCc1ccsc1)C1CCNCC1. The number of nitrogens with zero attached hydrogens (tertiary/aromatic N) is 1. The topological polar surface area (TPSA) is 32.3 Å². The zero-order valence-electron chi connectivity index (χ0n) is 11.7. The monoisotopic (exact) mass is 280 g/mol. The van der Waals surface area contributed by atoms with Crippen molar-refractivity contribution in [2.45, 2.75) is 45.1 Å². The van der Waals surface area contributed by atoms with Crippen LogP contribution in [0.3, 0.4) is 0 Å². The second-order valence-electron chi connectivity index (χ2n) is 5.20. The van der Waals surface area contributed by atoms with Gasteiger partial charge < -0.3 is 10.2 Å². The van der Waals surface area contributed by atoms with Gasteiger partial charge in [0.2, 0.25) is 5.91 Å². The number of amides is 1. The van der Waals surface area contributed by atoms with E-state index in [9.17, 15) is 4.79 Å². The summed E-state index contributed by atoms with van der Waals surface area (Å²) < 4.78 is 0. The minimum absolute atomic E-state index is 0.333. The summed E-state index contributed by atoms with van der Waals surface area (Å²) in [5.74, 6) is 0.333. The van der Waals surface area contributed by atoms with Crippen molar-refractivity contribution >= 4 is 17.2 Å². The van der Waals surface area contributed by atoms with Crippen LogP contribution in [-0.4, -0.2) is 36.5 Å². The molecule has 0 aromatic carbocycles. The van der Waals surface area contributed by atoms with E-state index in [4.69, 9.17) is 0 Å². The number of nitrogens with one attached hydrogen (secondary N) is 1. The van der Waals surface area contributed by atoms with Gasteiger partial charge in [0.15, 0.2) is 0 Å². The predicted octanol–water partition coefficient (Wildman–Crippen LogP) is 2.67. The predicted molar refractivity (Wildman–Crippen MR) is 80.5 cm³/mol. The molecule has 1 aliphatic rings. The third-order valence-corrected chi connectivity index (χ3v) is 4.47. The van der Waals surface area contributed by atoms with Gasteiger partial charge in [-0.3, -0.25) is 4.79 Å². The molecule has 1 saturated heterocycles. The minimum atomic E-state index is 0.333. The van der Waals surface area contributed by atoms with Crippen molar-refractivity contribution in [1.82, 2.24) is 10.2 Å². The summed E-state index contributed by atoms with van der Waals surface area (Å²) >= 11 is 1.70. The molecular formula is C15H24N2OS. The Morgan fingerprint density at radius 1 is 1.47 bits per heavy atom. The van der Waals surface area contributed by atoms with Crippen LogP contribution < -0.4 is 5.32 Å². The molecule has 0 spiro atoms. The molecule has 1 fully saturated rings. The van der Waals surface area contributed by atoms with Gasteiger partial charge in [0.25, 0.3) is 0 Å². The van der Waals surface area contributed by atoms with Crippen molar-refractivity contribution in [2.24, 2.45) is 0 Å². The van der Waals surface area contributed by atoms with Crippen LogP contribution in [0.4, 0.5) is 0 Å². The van der Waals surface area contributed by atoms with E-state index >= 15 is 0 Å². The van der Waals surface area contributed by atoms with Crippen molar-refractivity contribution in [3.8, 4) is 0 Å². The summed E-state index contributed by atoms with van der Waals surface area (Å²) in [7, 11) is 0. The highest BCUT2D eigenvalue weighted by molar-refractivity contribution is 7.07. The molecule has 0 unspecified atom stereocenters. The summed E-state index contributed by atoms with van der Waals surface area (Å²) in [6, 6.07) is 2.57. The second-order valence-corrected chi connectivity index (χ2v) is 5.98. The molecule has 0 atom stereocenters. The Morgan fingerprint density at radius 2 is 2.26 bits per heavy atom. The Bertz CT molecular complexity index is 372. The maximum Gasteiger partial charge on any atom is 0.223 e. The van der Waals surface area contributed by atoms with E-state index in [1.54, 1.807) is 11.3 Å². The first-order valence-corrected chi connectivity index (χ1v) is 8.26. The molecule has 0 aliphatic carbocycles. The number of hydrogen-bond donors (Lipinski definition) is 1. The zero-order chi connectivity index (χ0) is 13.5. The van der Waals surface area contributed by atoms with Crippen molar-refractivity contribution in [2.75, 3.05) is 19.6 Å². The van der Waals surface area contributed by atoms with E-state index in [1.807, 2.05) is 0 Å². The molecule has 2 rings (SSSR count). The number of aryl methyl sites for hydroxylation is 1. The molecule has 4 heteroatoms. The zero-order valence-corrected chi connectivity index (χ0v) is 12.5. The van der Waals surface area contributed by atoms with E-state index in [2.05, 4.69) is 34.0 Å². The van der Waals surface area contributed by atoms with Crippen molar-refractivity contribution in [3.63, 3.8) is 0 Å². The average molecular weight is 280 g/mol. The highest BCUT2D eigenvalue weighted by Crippen LogP contribution is 2.16. The number of carbonyl (C=O) groups is 1. The largest absolute Gasteiger partial charge is 0.340 e. The fraction of sp³-hybridized carbons (Fsp3) is 0.667. The summed E-state index contributed by atoms with van der Waals surface area (Å²) in [4.78, 5) is 14.6. The lowest BCUT2D eigenvalue weighted by Crippen LogP contribution is -2.46. The third kappa shape index (κ3) is 4.32. The maximum absolute atomic E-state index is 12.4. The second kappa shape index (κ2) is 7.65. The fourth-order valence-corrected chi connectivity index (χ4v) is 3.40. The van der Waals surface area contributed by atoms with Crippen LogP contribution in [0.25, 0.3) is 0 Å². The third-order valence-electron chi connectivity index (χ3n) is 3.74. The van der Waals surface area contributed by atoms with Gasteiger partial charge in [-0.15, -0.1) is 0 Å². The highest BCUT2D eigenvalue weighted by Gasteiger charge is 2.24. The van der Waals surface area contributed by atoms with Crippen LogP contribution in [-0.2, 0) is 11.2 Å². The van der Waals surface area contributed by atoms with E-state index < -0.39 is 0 Å². The van der Waals surface area contributed by atoms with Crippen LogP contribution >= 0.6 is 11.3 Å². The molecule has 106 valence electrons. The van der Waals surface area contributed by atoms with Gasteiger partial charge in [0, 0.05) is 19.0 Å². The lowest BCUT2D eigenvalue weighted by molar-refractivity contribution is -0.134. The van der Waals surface area contributed by atoms with Crippen LogP contribution in [0.1, 0.15) is 38.2 Å². The van der Waals surface area contributed by atoms with Gasteiger partial charge in [0.1, 0.15) is 0 Å². The van der Waals surface area contributed by atoms with Gasteiger partial charge in [-0.2, -0.15) is 11.3 Å². The first kappa shape index (κ1) is 14.5. The Hall–Kier alpha value is -0.870. The number of hydrogen-bond acceptors (Lipinski definition) is 3. The van der Waals surface area contributed by atoms with Crippen LogP contribution in [0.2, 0.25) is 0 Å². The first-order valence-electron chi connectivity index (χ1n) is 7.32. The molecule has 19 heavy (non-hydrogen) atoms. The Morgan fingerprint density at radius 3 is 2.89 bits per heavy atom. The van der Waals surface area contributed by atoms with Crippen molar-refractivity contribution in [3.05, 3.63) is 22.4 Å². The molecule has 1 aromatic heterocycles. The van der Waals surface area contributed by atoms with Gasteiger partial charge in [-0.1, -0.05) is 6.92 Å². The summed E-state index contributed by atoms with van der Waals surface area (Å²) in [5, 5.41) is 7.59. The Labute approximate surface area is 120 Å². The summed E-state index contributed by atoms with van der Waals surface area (Å²) in [6.07, 6.45) is 4.79. The number of piperidine rings is 1. The van der Waals surface area contributed by atoms with Crippen molar-refractivity contribution in [1.29, 1.82) is 0 Å². The van der Waals surface area contributed by atoms with Gasteiger partial charge >= 0.3 is 0 Å². The Kier molecular flexibility index (Phi) is 5.86. The highest BCUT2D eigenvalue weighted by atomic mass is 32.1. The van der Waals surface area contributed by atoms with E-state index in [0.717, 1.165) is 45.3 Å². The smallest absolute Gasteiger partial charge is 0.223 e. The maximum atomic E-state index is 12.4. The van der Waals surface area contributed by atoms with Gasteiger partial charge in [0.05, 0.1) is 0 Å². The normalized spacial score (nSPS) is 16.5. The summed E-state index contributed by atoms with van der Waals surface area (Å²) in [6.45, 7) is 5.15. The van der Waals surface area contributed by atoms with Crippen molar-refractivity contribution < 1.29 is 4.79 Å². The lowest BCUT2D eigenvalue weighted by atomic mass is 10.0. The first-order chi connectivity index (χ1) is 9.31. The van der Waals surface area contributed by atoms with Crippen LogP contribution in [0.5, 0.6) is 0 Å². The molecule has 1 aromatic rings. The molecule has 0 bridgehead atoms. The van der Waals surface area contributed by atoms with E-state index in [1.165, 1.54) is 5.56 Å². The molecular weight excluding hydrogens is 256 g/mol. The molecule has 1 N–H and O–H groups in total. The molecule has 2 heterocycles. The molecule has 0 saturated carbocycles. The van der Waals surface area contributed by atoms with Crippen LogP contribution in [0, 0.1) is 0 Å². The van der Waals surface area contributed by atoms with Crippen LogP contribution in [0.15, 0.2) is 16.8 Å². The lowest BCUT2D eigenvalue weighted by Gasteiger charge is -2.34. The molecule has 1 aliphatic heterocycles. The molecule has 3 nitrogen and oxygen atoms in total. The fourth-order valence-electron chi connectivity index (χ4n) is 2.70. The van der Waals surface area contributed by atoms with Gasteiger partial charge in [-0.05, 0) is 61.2 Å². The standard InChI is InChI=1S/C15H24N2OS/c1-2-10-17(14-5-8-16-9-6-14)15(18)4-3-13-7-11-19-12-13/h7,11-12,14,16H,2-6,8-10H2,1H3. The molecule has 0 radical (unpaired) electrons. The number of thiophene rings is 1. The minimum Gasteiger partial charge on any atom is -0.340 e. The average Bonchev–Trinajstić information content (AvgIpc) is 2.96. The number of rotatable bonds is 6. The van der Waals surface area contributed by atoms with Gasteiger partial charge in [-0.25, -0.2) is 0 Å². The van der Waals surface area contributed by atoms with E-state index in [0.29, 0.717) is 18.4 Å². The quantitative estimate of drug-likeness (QED) is 0.869. The Balaban J connectivity index is 1.87.